The zero-order valence-electron chi connectivity index (χ0n) is 11.3. The molecule has 1 N–H and O–H groups in total. The van der Waals surface area contributed by atoms with Crippen molar-refractivity contribution < 1.29 is 9.90 Å². The van der Waals surface area contributed by atoms with Gasteiger partial charge in [0.25, 0.3) is 5.56 Å². The predicted molar refractivity (Wildman–Crippen MR) is 77.1 cm³/mol. The lowest BCUT2D eigenvalue weighted by atomic mass is 9.98. The Balaban J connectivity index is 2.09. The van der Waals surface area contributed by atoms with E-state index in [1.165, 1.54) is 28.5 Å². The lowest BCUT2D eigenvalue weighted by Gasteiger charge is -2.13. The largest absolute Gasteiger partial charge is 0.478 e. The van der Waals surface area contributed by atoms with Crippen LogP contribution in [0.3, 0.4) is 0 Å². The Morgan fingerprint density at radius 1 is 1.20 bits per heavy atom. The molecule has 0 radical (unpaired) electrons. The first-order valence-electron chi connectivity index (χ1n) is 6.56. The number of hydrogen-bond donors (Lipinski definition) is 1. The van der Waals surface area contributed by atoms with Gasteiger partial charge in [0, 0.05) is 18.8 Å². The highest BCUT2D eigenvalue weighted by Crippen LogP contribution is 2.18. The van der Waals surface area contributed by atoms with Crippen molar-refractivity contribution in [1.82, 2.24) is 4.57 Å². The zero-order chi connectivity index (χ0) is 14.5. The van der Waals surface area contributed by atoms with Crippen molar-refractivity contribution in [3.05, 3.63) is 70.1 Å². The molecule has 1 unspecified atom stereocenters. The Bertz CT molecular complexity index is 646. The van der Waals surface area contributed by atoms with Gasteiger partial charge in [0.05, 0.1) is 5.56 Å². The molecule has 0 aliphatic carbocycles. The molecule has 1 aromatic heterocycles. The van der Waals surface area contributed by atoms with Crippen molar-refractivity contribution in [2.24, 2.45) is 0 Å². The van der Waals surface area contributed by atoms with E-state index in [9.17, 15) is 9.59 Å². The lowest BCUT2D eigenvalue weighted by molar-refractivity contribution is 0.0696. The summed E-state index contributed by atoms with van der Waals surface area (Å²) in [4.78, 5) is 22.6. The van der Waals surface area contributed by atoms with Crippen LogP contribution in [-0.2, 0) is 6.54 Å². The van der Waals surface area contributed by atoms with Crippen LogP contribution >= 0.6 is 0 Å². The van der Waals surface area contributed by atoms with Crippen LogP contribution in [0.5, 0.6) is 0 Å². The summed E-state index contributed by atoms with van der Waals surface area (Å²) in [6, 6.07) is 12.7. The molecule has 0 saturated heterocycles. The summed E-state index contributed by atoms with van der Waals surface area (Å²) in [5.41, 5.74) is 1.18. The Labute approximate surface area is 117 Å². The van der Waals surface area contributed by atoms with Crippen LogP contribution < -0.4 is 5.56 Å². The molecule has 4 heteroatoms. The number of rotatable bonds is 5. The quantitative estimate of drug-likeness (QED) is 0.909. The van der Waals surface area contributed by atoms with Crippen LogP contribution in [0.2, 0.25) is 0 Å². The summed E-state index contributed by atoms with van der Waals surface area (Å²) in [5.74, 6) is -0.702. The molecule has 1 atom stereocenters. The fraction of sp³-hybridized carbons (Fsp3) is 0.250. The van der Waals surface area contributed by atoms with Gasteiger partial charge in [-0.2, -0.15) is 0 Å². The Morgan fingerprint density at radius 3 is 2.55 bits per heavy atom. The summed E-state index contributed by atoms with van der Waals surface area (Å²) in [6.45, 7) is 2.61. The zero-order valence-corrected chi connectivity index (χ0v) is 11.3. The fourth-order valence-electron chi connectivity index (χ4n) is 2.11. The molecular weight excluding hydrogens is 254 g/mol. The maximum Gasteiger partial charge on any atom is 0.337 e. The average molecular weight is 271 g/mol. The smallest absolute Gasteiger partial charge is 0.337 e. The van der Waals surface area contributed by atoms with E-state index in [4.69, 9.17) is 5.11 Å². The first kappa shape index (κ1) is 14.1. The van der Waals surface area contributed by atoms with E-state index in [-0.39, 0.29) is 11.1 Å². The molecule has 2 aromatic rings. The van der Waals surface area contributed by atoms with Crippen LogP contribution in [0.4, 0.5) is 0 Å². The molecule has 4 nitrogen and oxygen atoms in total. The van der Waals surface area contributed by atoms with Crippen molar-refractivity contribution in [1.29, 1.82) is 0 Å². The van der Waals surface area contributed by atoms with Gasteiger partial charge >= 0.3 is 5.97 Å². The van der Waals surface area contributed by atoms with Gasteiger partial charge < -0.3 is 9.67 Å². The van der Waals surface area contributed by atoms with E-state index in [0.29, 0.717) is 12.5 Å². The Hall–Kier alpha value is -2.36. The number of aromatic nitrogens is 1. The van der Waals surface area contributed by atoms with Crippen LogP contribution in [0.15, 0.2) is 53.5 Å². The molecule has 0 amide bonds. The summed E-state index contributed by atoms with van der Waals surface area (Å²) < 4.78 is 1.46. The number of aryl methyl sites for hydroxylation is 1. The molecule has 0 bridgehead atoms. The third-order valence-electron chi connectivity index (χ3n) is 3.40. The van der Waals surface area contributed by atoms with E-state index >= 15 is 0 Å². The van der Waals surface area contributed by atoms with Crippen LogP contribution in [0.1, 0.15) is 35.2 Å². The van der Waals surface area contributed by atoms with Crippen molar-refractivity contribution in [3.63, 3.8) is 0 Å². The van der Waals surface area contributed by atoms with Gasteiger partial charge in [-0.05, 0) is 24.0 Å². The van der Waals surface area contributed by atoms with Crippen LogP contribution in [-0.4, -0.2) is 15.6 Å². The van der Waals surface area contributed by atoms with Crippen LogP contribution in [0, 0.1) is 0 Å². The molecule has 104 valence electrons. The minimum Gasteiger partial charge on any atom is -0.478 e. The molecule has 0 aliphatic heterocycles. The number of carboxylic acids is 1. The number of hydrogen-bond acceptors (Lipinski definition) is 2. The average Bonchev–Trinajstić information content (AvgIpc) is 2.46. The van der Waals surface area contributed by atoms with Gasteiger partial charge in [0.2, 0.25) is 0 Å². The number of carboxylic acid groups (broad SMARTS) is 1. The van der Waals surface area contributed by atoms with Gasteiger partial charge in [-0.15, -0.1) is 0 Å². The molecule has 0 saturated carbocycles. The number of pyridine rings is 1. The molecule has 0 fully saturated rings. The van der Waals surface area contributed by atoms with Gasteiger partial charge in [0.1, 0.15) is 0 Å². The lowest BCUT2D eigenvalue weighted by Crippen LogP contribution is -2.21. The summed E-state index contributed by atoms with van der Waals surface area (Å²) in [5, 5.41) is 8.94. The molecule has 20 heavy (non-hydrogen) atoms. The fourth-order valence-corrected chi connectivity index (χ4v) is 2.11. The second-order valence-electron chi connectivity index (χ2n) is 4.85. The first-order valence-corrected chi connectivity index (χ1v) is 6.56. The van der Waals surface area contributed by atoms with E-state index in [2.05, 4.69) is 19.1 Å². The highest BCUT2D eigenvalue weighted by molar-refractivity contribution is 5.87. The summed E-state index contributed by atoms with van der Waals surface area (Å²) in [7, 11) is 0. The van der Waals surface area contributed by atoms with E-state index in [1.54, 1.807) is 0 Å². The minimum absolute atomic E-state index is 0.136. The molecule has 1 heterocycles. The third-order valence-corrected chi connectivity index (χ3v) is 3.40. The topological polar surface area (TPSA) is 59.3 Å². The normalized spacial score (nSPS) is 12.1. The highest BCUT2D eigenvalue weighted by atomic mass is 16.4. The van der Waals surface area contributed by atoms with Crippen LogP contribution in [0.25, 0.3) is 0 Å². The summed E-state index contributed by atoms with van der Waals surface area (Å²) in [6.07, 6.45) is 2.19. The van der Waals surface area contributed by atoms with E-state index in [1.807, 2.05) is 18.2 Å². The van der Waals surface area contributed by atoms with Crippen molar-refractivity contribution in [2.75, 3.05) is 0 Å². The van der Waals surface area contributed by atoms with Gasteiger partial charge in [-0.1, -0.05) is 37.3 Å². The van der Waals surface area contributed by atoms with Crippen molar-refractivity contribution >= 4 is 5.97 Å². The monoisotopic (exact) mass is 271 g/mol. The van der Waals surface area contributed by atoms with E-state index < -0.39 is 5.97 Å². The number of aromatic carboxylic acids is 1. The first-order chi connectivity index (χ1) is 9.58. The van der Waals surface area contributed by atoms with Gasteiger partial charge in [0.15, 0.2) is 0 Å². The van der Waals surface area contributed by atoms with Crippen molar-refractivity contribution in [2.45, 2.75) is 25.8 Å². The number of benzene rings is 1. The maximum absolute atomic E-state index is 11.7. The third kappa shape index (κ3) is 3.35. The molecule has 0 aliphatic rings. The standard InChI is InChI=1S/C16H17NO3/c1-12(13-5-3-2-4-6-13)9-10-17-11-14(16(19)20)7-8-15(17)18/h2-8,11-12H,9-10H2,1H3,(H,19,20). The number of carbonyl (C=O) groups is 1. The Morgan fingerprint density at radius 2 is 1.90 bits per heavy atom. The highest BCUT2D eigenvalue weighted by Gasteiger charge is 2.08. The molecule has 2 rings (SSSR count). The maximum atomic E-state index is 11.7. The SMILES string of the molecule is CC(CCn1cc(C(=O)O)ccc1=O)c1ccccc1. The second kappa shape index (κ2) is 6.19. The van der Waals surface area contributed by atoms with Gasteiger partial charge in [-0.25, -0.2) is 4.79 Å². The second-order valence-corrected chi connectivity index (χ2v) is 4.85. The van der Waals surface area contributed by atoms with Gasteiger partial charge in [-0.3, -0.25) is 4.79 Å². The molecule has 0 spiro atoms. The minimum atomic E-state index is -1.02. The molecular formula is C16H17NO3. The predicted octanol–water partition coefficient (Wildman–Crippen LogP) is 2.74. The summed E-state index contributed by atoms with van der Waals surface area (Å²) >= 11 is 0. The van der Waals surface area contributed by atoms with E-state index in [0.717, 1.165) is 6.42 Å². The number of nitrogens with zero attached hydrogens (tertiary/aromatic N) is 1. The Kier molecular flexibility index (Phi) is 4.35. The van der Waals surface area contributed by atoms with Crippen molar-refractivity contribution in [3.8, 4) is 0 Å². The molecule has 1 aromatic carbocycles.